The van der Waals surface area contributed by atoms with Crippen LogP contribution in [0.2, 0.25) is 0 Å². The molecule has 0 fully saturated rings. The molecule has 0 aliphatic rings. The van der Waals surface area contributed by atoms with E-state index in [4.69, 9.17) is 0 Å². The highest BCUT2D eigenvalue weighted by Crippen LogP contribution is 2.46. The second kappa shape index (κ2) is 14.4. The summed E-state index contributed by atoms with van der Waals surface area (Å²) in [5.74, 6) is 0. The van der Waals surface area contributed by atoms with Crippen molar-refractivity contribution < 1.29 is 0 Å². The summed E-state index contributed by atoms with van der Waals surface area (Å²) >= 11 is 0. The molecule has 10 aromatic rings. The highest BCUT2D eigenvalue weighted by atomic mass is 15.1. The lowest BCUT2D eigenvalue weighted by Crippen LogP contribution is -2.10. The highest BCUT2D eigenvalue weighted by Gasteiger charge is 2.20. The maximum atomic E-state index is 2.36. The van der Waals surface area contributed by atoms with Gasteiger partial charge >= 0.3 is 0 Å². The van der Waals surface area contributed by atoms with E-state index in [9.17, 15) is 0 Å². The Kier molecular flexibility index (Phi) is 8.55. The van der Waals surface area contributed by atoms with Gasteiger partial charge in [0.1, 0.15) is 0 Å². The molecule has 56 heavy (non-hydrogen) atoms. The molecule has 0 aliphatic carbocycles. The standard InChI is InChI=1S/C54H38N2/c1-5-19-39(20-6-1)55(40-21-7-2-8-22-40)53-36-18-34-49-46(33-17-35-52(49)53)44-30-15-31-45-43(44)29-16-32-47(45)50-37-38-54(51-28-14-13-27-48(50)51)56(41-23-9-3-10-24-41)42-25-11-4-12-26-42/h1-38H. The van der Waals surface area contributed by atoms with Gasteiger partial charge in [-0.05, 0) is 104 Å². The Hall–Kier alpha value is -7.42. The molecule has 0 unspecified atom stereocenters. The molecule has 10 rings (SSSR count). The average Bonchev–Trinajstić information content (AvgIpc) is 3.28. The van der Waals surface area contributed by atoms with E-state index in [0.717, 1.165) is 34.1 Å². The van der Waals surface area contributed by atoms with E-state index in [1.54, 1.807) is 0 Å². The number of anilines is 6. The molecule has 0 saturated heterocycles. The molecule has 0 radical (unpaired) electrons. The van der Waals surface area contributed by atoms with E-state index < -0.39 is 0 Å². The van der Waals surface area contributed by atoms with Gasteiger partial charge in [0, 0.05) is 33.5 Å². The number of nitrogens with zero attached hydrogens (tertiary/aromatic N) is 2. The summed E-state index contributed by atoms with van der Waals surface area (Å²) < 4.78 is 0. The Bertz CT molecular complexity index is 2720. The maximum Gasteiger partial charge on any atom is 0.0540 e. The SMILES string of the molecule is c1ccc(N(c2ccccc2)c2cccc3c(-c4cccc5c(-c6ccc(N(c7ccccc7)c7ccccc7)c7ccccc67)cccc45)cccc23)cc1. The normalized spacial score (nSPS) is 11.2. The molecule has 0 atom stereocenters. The molecule has 0 aliphatic heterocycles. The smallest absolute Gasteiger partial charge is 0.0540 e. The minimum atomic E-state index is 1.13. The van der Waals surface area contributed by atoms with Gasteiger partial charge in [0.15, 0.2) is 0 Å². The second-order valence-corrected chi connectivity index (χ2v) is 14.1. The Morgan fingerprint density at radius 2 is 0.446 bits per heavy atom. The molecular weight excluding hydrogens is 677 g/mol. The van der Waals surface area contributed by atoms with Gasteiger partial charge in [0.25, 0.3) is 0 Å². The first-order valence-electron chi connectivity index (χ1n) is 19.2. The van der Waals surface area contributed by atoms with Crippen molar-refractivity contribution in [2.24, 2.45) is 0 Å². The van der Waals surface area contributed by atoms with Crippen LogP contribution in [0.25, 0.3) is 54.6 Å². The first-order chi connectivity index (χ1) is 27.8. The summed E-state index contributed by atoms with van der Waals surface area (Å²) in [5.41, 5.74) is 11.7. The number of hydrogen-bond acceptors (Lipinski definition) is 2. The zero-order valence-electron chi connectivity index (χ0n) is 30.8. The van der Waals surface area contributed by atoms with Crippen LogP contribution in [-0.4, -0.2) is 0 Å². The number of fused-ring (bicyclic) bond motifs is 3. The molecule has 2 nitrogen and oxygen atoms in total. The molecule has 10 aromatic carbocycles. The Morgan fingerprint density at radius 1 is 0.179 bits per heavy atom. The van der Waals surface area contributed by atoms with Crippen LogP contribution in [0.4, 0.5) is 34.1 Å². The topological polar surface area (TPSA) is 6.48 Å². The minimum Gasteiger partial charge on any atom is -0.310 e. The quantitative estimate of drug-likeness (QED) is 0.155. The summed E-state index contributed by atoms with van der Waals surface area (Å²) in [6.07, 6.45) is 0. The molecule has 0 heterocycles. The van der Waals surface area contributed by atoms with E-state index in [-0.39, 0.29) is 0 Å². The van der Waals surface area contributed by atoms with Crippen molar-refractivity contribution in [3.8, 4) is 22.3 Å². The van der Waals surface area contributed by atoms with Gasteiger partial charge < -0.3 is 9.80 Å². The fourth-order valence-corrected chi connectivity index (χ4v) is 8.38. The molecule has 264 valence electrons. The van der Waals surface area contributed by atoms with Gasteiger partial charge in [-0.2, -0.15) is 0 Å². The van der Waals surface area contributed by atoms with Gasteiger partial charge in [-0.1, -0.05) is 170 Å². The average molecular weight is 715 g/mol. The summed E-state index contributed by atoms with van der Waals surface area (Å²) in [4.78, 5) is 4.72. The summed E-state index contributed by atoms with van der Waals surface area (Å²) in [5, 5.41) is 7.30. The summed E-state index contributed by atoms with van der Waals surface area (Å²) in [6.45, 7) is 0. The van der Waals surface area contributed by atoms with Crippen molar-refractivity contribution >= 4 is 66.4 Å². The third-order valence-electron chi connectivity index (χ3n) is 10.8. The van der Waals surface area contributed by atoms with Crippen LogP contribution in [0.3, 0.4) is 0 Å². The first-order valence-corrected chi connectivity index (χ1v) is 19.2. The Morgan fingerprint density at radius 3 is 0.857 bits per heavy atom. The van der Waals surface area contributed by atoms with Crippen LogP contribution in [0.1, 0.15) is 0 Å². The van der Waals surface area contributed by atoms with Crippen LogP contribution >= 0.6 is 0 Å². The van der Waals surface area contributed by atoms with Crippen LogP contribution < -0.4 is 9.80 Å². The van der Waals surface area contributed by atoms with Crippen molar-refractivity contribution in [1.82, 2.24) is 0 Å². The van der Waals surface area contributed by atoms with Gasteiger partial charge in [-0.3, -0.25) is 0 Å². The van der Waals surface area contributed by atoms with Crippen molar-refractivity contribution in [3.63, 3.8) is 0 Å². The van der Waals surface area contributed by atoms with E-state index in [1.165, 1.54) is 54.6 Å². The molecule has 0 N–H and O–H groups in total. The zero-order chi connectivity index (χ0) is 37.3. The lowest BCUT2D eigenvalue weighted by atomic mass is 9.89. The van der Waals surface area contributed by atoms with Gasteiger partial charge in [-0.25, -0.2) is 0 Å². The molecule has 2 heteroatoms. The predicted molar refractivity (Wildman–Crippen MR) is 239 cm³/mol. The van der Waals surface area contributed by atoms with Crippen LogP contribution in [-0.2, 0) is 0 Å². The van der Waals surface area contributed by atoms with Crippen molar-refractivity contribution in [2.45, 2.75) is 0 Å². The van der Waals surface area contributed by atoms with Gasteiger partial charge in [-0.15, -0.1) is 0 Å². The first kappa shape index (κ1) is 33.2. The van der Waals surface area contributed by atoms with E-state index in [0.29, 0.717) is 0 Å². The van der Waals surface area contributed by atoms with Gasteiger partial charge in [0.05, 0.1) is 11.4 Å². The molecule has 0 amide bonds. The summed E-state index contributed by atoms with van der Waals surface area (Å²) in [6, 6.07) is 83.0. The van der Waals surface area contributed by atoms with Crippen molar-refractivity contribution in [1.29, 1.82) is 0 Å². The van der Waals surface area contributed by atoms with E-state index in [1.807, 2.05) is 0 Å². The lowest BCUT2D eigenvalue weighted by molar-refractivity contribution is 1.30. The monoisotopic (exact) mass is 714 g/mol. The van der Waals surface area contributed by atoms with Crippen LogP contribution in [0.15, 0.2) is 231 Å². The third-order valence-corrected chi connectivity index (χ3v) is 10.8. The molecule has 0 bridgehead atoms. The largest absolute Gasteiger partial charge is 0.310 e. The van der Waals surface area contributed by atoms with Crippen molar-refractivity contribution in [3.05, 3.63) is 231 Å². The fourth-order valence-electron chi connectivity index (χ4n) is 8.38. The van der Waals surface area contributed by atoms with Crippen LogP contribution in [0.5, 0.6) is 0 Å². The minimum absolute atomic E-state index is 1.13. The number of para-hydroxylation sites is 4. The maximum absolute atomic E-state index is 2.36. The van der Waals surface area contributed by atoms with E-state index in [2.05, 4.69) is 240 Å². The lowest BCUT2D eigenvalue weighted by Gasteiger charge is -2.27. The Balaban J connectivity index is 1.14. The number of hydrogen-bond donors (Lipinski definition) is 0. The predicted octanol–water partition coefficient (Wildman–Crippen LogP) is 15.4. The number of rotatable bonds is 8. The van der Waals surface area contributed by atoms with Crippen LogP contribution in [0, 0.1) is 0 Å². The summed E-state index contributed by atoms with van der Waals surface area (Å²) in [7, 11) is 0. The second-order valence-electron chi connectivity index (χ2n) is 14.1. The molecule has 0 saturated carbocycles. The Labute approximate surface area is 327 Å². The van der Waals surface area contributed by atoms with E-state index >= 15 is 0 Å². The van der Waals surface area contributed by atoms with Crippen molar-refractivity contribution in [2.75, 3.05) is 9.80 Å². The fraction of sp³-hybridized carbons (Fsp3) is 0. The highest BCUT2D eigenvalue weighted by molar-refractivity contribution is 6.15. The molecule has 0 aromatic heterocycles. The third kappa shape index (κ3) is 5.85. The zero-order valence-corrected chi connectivity index (χ0v) is 30.8. The molecule has 0 spiro atoms. The number of benzene rings is 10. The van der Waals surface area contributed by atoms with Gasteiger partial charge in [0.2, 0.25) is 0 Å². The molecular formula is C54H38N2.